The van der Waals surface area contributed by atoms with Gasteiger partial charge in [0.25, 0.3) is 17.7 Å². The van der Waals surface area contributed by atoms with E-state index in [9.17, 15) is 14.4 Å². The molecule has 0 saturated carbocycles. The largest absolute Gasteiger partial charge is 0.376 e. The van der Waals surface area contributed by atoms with Gasteiger partial charge in [-0.1, -0.05) is 29.8 Å². The van der Waals surface area contributed by atoms with Crippen LogP contribution in [0, 0.1) is 0 Å². The van der Waals surface area contributed by atoms with Gasteiger partial charge in [0.2, 0.25) is 0 Å². The Bertz CT molecular complexity index is 1080. The smallest absolute Gasteiger partial charge is 0.261 e. The molecular formula is C25H25ClN2O4. The van der Waals surface area contributed by atoms with Gasteiger partial charge in [-0.2, -0.15) is 0 Å². The van der Waals surface area contributed by atoms with E-state index in [-0.39, 0.29) is 36.4 Å². The van der Waals surface area contributed by atoms with Crippen LogP contribution in [-0.4, -0.2) is 59.4 Å². The quantitative estimate of drug-likeness (QED) is 0.644. The summed E-state index contributed by atoms with van der Waals surface area (Å²) in [6.45, 7) is 1.60. The molecule has 32 heavy (non-hydrogen) atoms. The van der Waals surface area contributed by atoms with Crippen LogP contribution in [0.4, 0.5) is 0 Å². The molecule has 0 bridgehead atoms. The SMILES string of the molecule is O=C1c2ccc(C(=O)N3CCCC3Cc3ccccc3Cl)cc2C(=O)N1CC1CCCO1. The van der Waals surface area contributed by atoms with Crippen LogP contribution in [0.25, 0.3) is 0 Å². The number of amides is 3. The molecule has 0 spiro atoms. The average molecular weight is 453 g/mol. The van der Waals surface area contributed by atoms with E-state index in [1.165, 1.54) is 4.90 Å². The lowest BCUT2D eigenvalue weighted by Gasteiger charge is -2.25. The molecule has 0 aromatic heterocycles. The van der Waals surface area contributed by atoms with Gasteiger partial charge in [0.15, 0.2) is 0 Å². The monoisotopic (exact) mass is 452 g/mol. The van der Waals surface area contributed by atoms with E-state index < -0.39 is 0 Å². The summed E-state index contributed by atoms with van der Waals surface area (Å²) in [5, 5.41) is 0.708. The number of ether oxygens (including phenoxy) is 1. The maximum absolute atomic E-state index is 13.3. The number of carbonyl (C=O) groups excluding carboxylic acids is 3. The predicted octanol–water partition coefficient (Wildman–Crippen LogP) is 3.96. The van der Waals surface area contributed by atoms with Crippen molar-refractivity contribution in [1.82, 2.24) is 9.80 Å². The van der Waals surface area contributed by atoms with Crippen LogP contribution in [-0.2, 0) is 11.2 Å². The molecule has 0 radical (unpaired) electrons. The molecule has 3 aliphatic heterocycles. The number of halogens is 1. The van der Waals surface area contributed by atoms with E-state index in [4.69, 9.17) is 16.3 Å². The first-order valence-corrected chi connectivity index (χ1v) is 11.6. The van der Waals surface area contributed by atoms with Gasteiger partial charge in [-0.05, 0) is 61.9 Å². The number of hydrogen-bond donors (Lipinski definition) is 0. The summed E-state index contributed by atoms with van der Waals surface area (Å²) in [6.07, 6.45) is 4.22. The van der Waals surface area contributed by atoms with Gasteiger partial charge in [0, 0.05) is 29.8 Å². The van der Waals surface area contributed by atoms with E-state index >= 15 is 0 Å². The Kier molecular flexibility index (Phi) is 5.74. The van der Waals surface area contributed by atoms with Gasteiger partial charge < -0.3 is 9.64 Å². The molecular weight excluding hydrogens is 428 g/mol. The second kappa shape index (κ2) is 8.68. The van der Waals surface area contributed by atoms with Gasteiger partial charge in [-0.3, -0.25) is 19.3 Å². The summed E-state index contributed by atoms with van der Waals surface area (Å²) >= 11 is 6.33. The van der Waals surface area contributed by atoms with Crippen molar-refractivity contribution in [2.45, 2.75) is 44.2 Å². The van der Waals surface area contributed by atoms with Crippen molar-refractivity contribution in [2.24, 2.45) is 0 Å². The fourth-order valence-electron chi connectivity index (χ4n) is 4.98. The molecule has 2 aromatic carbocycles. The number of rotatable bonds is 5. The lowest BCUT2D eigenvalue weighted by atomic mass is 10.0. The maximum atomic E-state index is 13.3. The molecule has 2 unspecified atom stereocenters. The third-order valence-corrected chi connectivity index (χ3v) is 7.05. The number of imide groups is 1. The highest BCUT2D eigenvalue weighted by atomic mass is 35.5. The molecule has 7 heteroatoms. The first kappa shape index (κ1) is 21.2. The van der Waals surface area contributed by atoms with Gasteiger partial charge in [-0.15, -0.1) is 0 Å². The molecule has 6 nitrogen and oxygen atoms in total. The zero-order chi connectivity index (χ0) is 22.2. The Morgan fingerprint density at radius 3 is 2.62 bits per heavy atom. The van der Waals surface area contributed by atoms with Crippen LogP contribution < -0.4 is 0 Å². The van der Waals surface area contributed by atoms with Gasteiger partial charge in [0.1, 0.15) is 0 Å². The third-order valence-electron chi connectivity index (χ3n) is 6.68. The molecule has 3 heterocycles. The highest BCUT2D eigenvalue weighted by Crippen LogP contribution is 2.29. The predicted molar refractivity (Wildman–Crippen MR) is 120 cm³/mol. The van der Waals surface area contributed by atoms with Crippen LogP contribution in [0.3, 0.4) is 0 Å². The fourth-order valence-corrected chi connectivity index (χ4v) is 5.19. The minimum Gasteiger partial charge on any atom is -0.376 e. The lowest BCUT2D eigenvalue weighted by Crippen LogP contribution is -2.37. The zero-order valence-corrected chi connectivity index (χ0v) is 18.5. The maximum Gasteiger partial charge on any atom is 0.261 e. The van der Waals surface area contributed by atoms with Crippen molar-refractivity contribution in [3.63, 3.8) is 0 Å². The topological polar surface area (TPSA) is 66.9 Å². The normalized spacial score (nSPS) is 22.7. The number of likely N-dealkylation sites (tertiary alicyclic amines) is 1. The van der Waals surface area contributed by atoms with Crippen molar-refractivity contribution >= 4 is 29.3 Å². The minimum absolute atomic E-state index is 0.0593. The molecule has 2 saturated heterocycles. The number of nitrogens with zero attached hydrogens (tertiary/aromatic N) is 2. The highest BCUT2D eigenvalue weighted by Gasteiger charge is 2.38. The van der Waals surface area contributed by atoms with Crippen molar-refractivity contribution < 1.29 is 19.1 Å². The van der Waals surface area contributed by atoms with Gasteiger partial charge in [0.05, 0.1) is 23.8 Å². The Balaban J connectivity index is 1.34. The molecule has 3 aliphatic rings. The first-order valence-electron chi connectivity index (χ1n) is 11.2. The van der Waals surface area contributed by atoms with Crippen molar-refractivity contribution in [3.8, 4) is 0 Å². The number of hydrogen-bond acceptors (Lipinski definition) is 4. The van der Waals surface area contributed by atoms with Crippen LogP contribution in [0.5, 0.6) is 0 Å². The summed E-state index contributed by atoms with van der Waals surface area (Å²) < 4.78 is 5.59. The fraction of sp³-hybridized carbons (Fsp3) is 0.400. The summed E-state index contributed by atoms with van der Waals surface area (Å²) in [6, 6.07) is 12.6. The van der Waals surface area contributed by atoms with Crippen molar-refractivity contribution in [2.75, 3.05) is 19.7 Å². The van der Waals surface area contributed by atoms with Crippen molar-refractivity contribution in [3.05, 3.63) is 69.7 Å². The molecule has 2 atom stereocenters. The Hall–Kier alpha value is -2.70. The van der Waals surface area contributed by atoms with E-state index in [0.29, 0.717) is 41.3 Å². The van der Waals surface area contributed by atoms with Gasteiger partial charge >= 0.3 is 0 Å². The molecule has 0 N–H and O–H groups in total. The van der Waals surface area contributed by atoms with E-state index in [2.05, 4.69) is 0 Å². The van der Waals surface area contributed by atoms with Crippen LogP contribution in [0.15, 0.2) is 42.5 Å². The molecule has 0 aliphatic carbocycles. The number of fused-ring (bicyclic) bond motifs is 1. The van der Waals surface area contributed by atoms with E-state index in [1.807, 2.05) is 29.2 Å². The molecule has 5 rings (SSSR count). The summed E-state index contributed by atoms with van der Waals surface area (Å²) in [4.78, 5) is 42.2. The number of carbonyl (C=O) groups is 3. The Labute approximate surface area is 192 Å². The summed E-state index contributed by atoms with van der Waals surface area (Å²) in [7, 11) is 0. The van der Waals surface area contributed by atoms with Crippen LogP contribution in [0.1, 0.15) is 62.3 Å². The standard InChI is InChI=1S/C25H25ClN2O4/c26-22-8-2-1-5-16(22)13-18-6-3-11-27(18)23(29)17-9-10-20-21(14-17)25(31)28(24(20)30)15-19-7-4-12-32-19/h1-2,5,8-10,14,18-19H,3-4,6-7,11-13,15H2. The minimum atomic E-state index is -0.343. The molecule has 2 aromatic rings. The second-order valence-corrected chi connectivity index (χ2v) is 9.11. The second-order valence-electron chi connectivity index (χ2n) is 8.71. The van der Waals surface area contributed by atoms with Crippen LogP contribution >= 0.6 is 11.6 Å². The van der Waals surface area contributed by atoms with E-state index in [1.54, 1.807) is 18.2 Å². The van der Waals surface area contributed by atoms with Gasteiger partial charge in [-0.25, -0.2) is 0 Å². The molecule has 2 fully saturated rings. The highest BCUT2D eigenvalue weighted by molar-refractivity contribution is 6.31. The number of benzene rings is 2. The first-order chi connectivity index (χ1) is 15.5. The third kappa shape index (κ3) is 3.82. The molecule has 166 valence electrons. The average Bonchev–Trinajstić information content (AvgIpc) is 3.53. The van der Waals surface area contributed by atoms with Crippen LogP contribution in [0.2, 0.25) is 5.02 Å². The Morgan fingerprint density at radius 1 is 1.03 bits per heavy atom. The van der Waals surface area contributed by atoms with E-state index in [0.717, 1.165) is 31.2 Å². The Morgan fingerprint density at radius 2 is 1.84 bits per heavy atom. The van der Waals surface area contributed by atoms with Crippen molar-refractivity contribution in [1.29, 1.82) is 0 Å². The summed E-state index contributed by atoms with van der Waals surface area (Å²) in [5.41, 5.74) is 2.13. The molecule has 3 amide bonds. The summed E-state index contributed by atoms with van der Waals surface area (Å²) in [5.74, 6) is -0.762. The zero-order valence-electron chi connectivity index (χ0n) is 17.8. The lowest BCUT2D eigenvalue weighted by molar-refractivity contribution is 0.0475.